The Morgan fingerprint density at radius 1 is 1.24 bits per heavy atom. The van der Waals surface area contributed by atoms with E-state index >= 15 is 0 Å². The Kier molecular flexibility index (Phi) is 3.75. The number of rotatable bonds is 3. The van der Waals surface area contributed by atoms with Gasteiger partial charge in [-0.25, -0.2) is 4.68 Å². The van der Waals surface area contributed by atoms with Crippen LogP contribution in [0.2, 0.25) is 5.15 Å². The van der Waals surface area contributed by atoms with Crippen LogP contribution >= 0.6 is 23.2 Å². The van der Waals surface area contributed by atoms with Crippen molar-refractivity contribution in [3.63, 3.8) is 0 Å². The molecule has 0 unspecified atom stereocenters. The van der Waals surface area contributed by atoms with Crippen molar-refractivity contribution in [1.29, 1.82) is 0 Å². The number of nitrogens with zero attached hydrogens (tertiary/aromatic N) is 2. The molecule has 0 bridgehead atoms. The molecule has 0 fully saturated rings. The number of benzene rings is 1. The summed E-state index contributed by atoms with van der Waals surface area (Å²) in [6, 6.07) is 9.83. The standard InChI is InChI=1S/C13H14Cl2N2/c1-9(2)12-11(8-14)13(15)17(16-12)10-6-4-3-5-7-10/h3-7,9H,8H2,1-2H3. The average Bonchev–Trinajstić information content (AvgIpc) is 2.67. The van der Waals surface area contributed by atoms with E-state index in [0.29, 0.717) is 17.0 Å². The van der Waals surface area contributed by atoms with Gasteiger partial charge in [-0.3, -0.25) is 0 Å². The molecule has 0 aliphatic carbocycles. The van der Waals surface area contributed by atoms with Crippen LogP contribution in [0.4, 0.5) is 0 Å². The Labute approximate surface area is 111 Å². The first kappa shape index (κ1) is 12.5. The van der Waals surface area contributed by atoms with Crippen molar-refractivity contribution in [3.05, 3.63) is 46.7 Å². The minimum Gasteiger partial charge on any atom is -0.222 e. The predicted molar refractivity (Wildman–Crippen MR) is 72.2 cm³/mol. The molecule has 17 heavy (non-hydrogen) atoms. The van der Waals surface area contributed by atoms with Crippen molar-refractivity contribution < 1.29 is 0 Å². The Balaban J connectivity index is 2.57. The van der Waals surface area contributed by atoms with Crippen LogP contribution in [0.3, 0.4) is 0 Å². The summed E-state index contributed by atoms with van der Waals surface area (Å²) >= 11 is 12.3. The maximum atomic E-state index is 6.32. The van der Waals surface area contributed by atoms with Crippen LogP contribution < -0.4 is 0 Å². The van der Waals surface area contributed by atoms with Crippen LogP contribution in [0.1, 0.15) is 31.0 Å². The van der Waals surface area contributed by atoms with Crippen molar-refractivity contribution in [2.75, 3.05) is 0 Å². The van der Waals surface area contributed by atoms with Crippen LogP contribution in [0, 0.1) is 0 Å². The molecule has 0 saturated carbocycles. The lowest BCUT2D eigenvalue weighted by Gasteiger charge is -2.02. The Morgan fingerprint density at radius 2 is 1.88 bits per heavy atom. The lowest BCUT2D eigenvalue weighted by atomic mass is 10.1. The van der Waals surface area contributed by atoms with Gasteiger partial charge in [-0.05, 0) is 18.1 Å². The van der Waals surface area contributed by atoms with Gasteiger partial charge in [0.25, 0.3) is 0 Å². The smallest absolute Gasteiger partial charge is 0.137 e. The second kappa shape index (κ2) is 5.11. The second-order valence-corrected chi connectivity index (χ2v) is 4.82. The highest BCUT2D eigenvalue weighted by Crippen LogP contribution is 2.29. The van der Waals surface area contributed by atoms with Crippen LogP contribution in [0.25, 0.3) is 5.69 Å². The van der Waals surface area contributed by atoms with E-state index in [0.717, 1.165) is 16.9 Å². The second-order valence-electron chi connectivity index (χ2n) is 4.19. The zero-order chi connectivity index (χ0) is 12.4. The fourth-order valence-corrected chi connectivity index (χ4v) is 2.40. The normalized spacial score (nSPS) is 11.1. The summed E-state index contributed by atoms with van der Waals surface area (Å²) in [5.41, 5.74) is 2.84. The molecular weight excluding hydrogens is 255 g/mol. The number of hydrogen-bond acceptors (Lipinski definition) is 1. The predicted octanol–water partition coefficient (Wildman–Crippen LogP) is 4.39. The van der Waals surface area contributed by atoms with Gasteiger partial charge in [0, 0.05) is 5.56 Å². The third-order valence-corrected chi connectivity index (χ3v) is 3.29. The molecule has 2 aromatic rings. The third kappa shape index (κ3) is 2.33. The van der Waals surface area contributed by atoms with Gasteiger partial charge in [0.2, 0.25) is 0 Å². The summed E-state index contributed by atoms with van der Waals surface area (Å²) in [6.45, 7) is 4.17. The molecule has 0 amide bonds. The van der Waals surface area contributed by atoms with E-state index in [9.17, 15) is 0 Å². The summed E-state index contributed by atoms with van der Waals surface area (Å²) in [5.74, 6) is 0.699. The fraction of sp³-hybridized carbons (Fsp3) is 0.308. The average molecular weight is 269 g/mol. The van der Waals surface area contributed by atoms with Crippen molar-refractivity contribution in [1.82, 2.24) is 9.78 Å². The first-order chi connectivity index (χ1) is 8.15. The van der Waals surface area contributed by atoms with Crippen LogP contribution in [0.5, 0.6) is 0 Å². The lowest BCUT2D eigenvalue weighted by Crippen LogP contribution is -1.97. The van der Waals surface area contributed by atoms with E-state index in [1.54, 1.807) is 4.68 Å². The largest absolute Gasteiger partial charge is 0.222 e. The van der Waals surface area contributed by atoms with E-state index < -0.39 is 0 Å². The molecule has 90 valence electrons. The van der Waals surface area contributed by atoms with Crippen LogP contribution in [0.15, 0.2) is 30.3 Å². The van der Waals surface area contributed by atoms with E-state index in [-0.39, 0.29) is 0 Å². The van der Waals surface area contributed by atoms with E-state index in [2.05, 4.69) is 18.9 Å². The van der Waals surface area contributed by atoms with Gasteiger partial charge in [0.05, 0.1) is 17.3 Å². The molecule has 0 saturated heterocycles. The number of aromatic nitrogens is 2. The van der Waals surface area contributed by atoms with Crippen LogP contribution in [-0.2, 0) is 5.88 Å². The topological polar surface area (TPSA) is 17.8 Å². The van der Waals surface area contributed by atoms with Crippen molar-refractivity contribution in [2.45, 2.75) is 25.6 Å². The Bertz CT molecular complexity index is 504. The van der Waals surface area contributed by atoms with Crippen molar-refractivity contribution in [3.8, 4) is 5.69 Å². The Hall–Kier alpha value is -0.990. The van der Waals surface area contributed by atoms with Crippen molar-refractivity contribution in [2.24, 2.45) is 0 Å². The molecule has 1 aromatic carbocycles. The van der Waals surface area contributed by atoms with Gasteiger partial charge >= 0.3 is 0 Å². The van der Waals surface area contributed by atoms with Gasteiger partial charge in [-0.15, -0.1) is 11.6 Å². The van der Waals surface area contributed by atoms with Gasteiger partial charge < -0.3 is 0 Å². The first-order valence-electron chi connectivity index (χ1n) is 5.53. The summed E-state index contributed by atoms with van der Waals surface area (Å²) < 4.78 is 1.74. The molecule has 2 rings (SSSR count). The molecule has 0 spiro atoms. The number of halogens is 2. The molecule has 1 aromatic heterocycles. The fourth-order valence-electron chi connectivity index (χ4n) is 1.77. The van der Waals surface area contributed by atoms with E-state index in [1.165, 1.54) is 0 Å². The number of alkyl halides is 1. The zero-order valence-electron chi connectivity index (χ0n) is 9.82. The summed E-state index contributed by atoms with van der Waals surface area (Å²) in [7, 11) is 0. The molecule has 0 N–H and O–H groups in total. The van der Waals surface area contributed by atoms with Crippen LogP contribution in [-0.4, -0.2) is 9.78 Å². The maximum absolute atomic E-state index is 6.32. The number of hydrogen-bond donors (Lipinski definition) is 0. The molecule has 0 radical (unpaired) electrons. The number of para-hydroxylation sites is 1. The summed E-state index contributed by atoms with van der Waals surface area (Å²) in [6.07, 6.45) is 0. The van der Waals surface area contributed by atoms with Crippen molar-refractivity contribution >= 4 is 23.2 Å². The molecule has 2 nitrogen and oxygen atoms in total. The minimum absolute atomic E-state index is 0.311. The SMILES string of the molecule is CC(C)c1nn(-c2ccccc2)c(Cl)c1CCl. The molecule has 1 heterocycles. The third-order valence-electron chi connectivity index (χ3n) is 2.63. The quantitative estimate of drug-likeness (QED) is 0.756. The summed E-state index contributed by atoms with van der Waals surface area (Å²) in [4.78, 5) is 0. The highest BCUT2D eigenvalue weighted by atomic mass is 35.5. The maximum Gasteiger partial charge on any atom is 0.137 e. The Morgan fingerprint density at radius 3 is 2.35 bits per heavy atom. The molecular formula is C13H14Cl2N2. The van der Waals surface area contributed by atoms with Gasteiger partial charge in [-0.2, -0.15) is 5.10 Å². The van der Waals surface area contributed by atoms with Gasteiger partial charge in [0.15, 0.2) is 0 Å². The lowest BCUT2D eigenvalue weighted by molar-refractivity contribution is 0.765. The monoisotopic (exact) mass is 268 g/mol. The zero-order valence-corrected chi connectivity index (χ0v) is 11.3. The molecule has 0 aliphatic rings. The summed E-state index contributed by atoms with van der Waals surface area (Å²) in [5, 5.41) is 5.16. The molecule has 4 heteroatoms. The highest BCUT2D eigenvalue weighted by Gasteiger charge is 2.18. The van der Waals surface area contributed by atoms with Gasteiger partial charge in [-0.1, -0.05) is 43.6 Å². The minimum atomic E-state index is 0.311. The first-order valence-corrected chi connectivity index (χ1v) is 6.45. The van der Waals surface area contributed by atoms with E-state index in [1.807, 2.05) is 30.3 Å². The highest BCUT2D eigenvalue weighted by molar-refractivity contribution is 6.31. The van der Waals surface area contributed by atoms with Gasteiger partial charge in [0.1, 0.15) is 5.15 Å². The van der Waals surface area contributed by atoms with E-state index in [4.69, 9.17) is 23.2 Å². The molecule has 0 atom stereocenters. The molecule has 0 aliphatic heterocycles.